The number of ether oxygens (including phenoxy) is 1. The van der Waals surface area contributed by atoms with Crippen LogP contribution >= 0.6 is 15.9 Å². The molecule has 0 spiro atoms. The van der Waals surface area contributed by atoms with Crippen molar-refractivity contribution in [1.82, 2.24) is 0 Å². The molecule has 0 aromatic heterocycles. The van der Waals surface area contributed by atoms with Gasteiger partial charge in [-0.3, -0.25) is 4.79 Å². The molecule has 0 aliphatic rings. The van der Waals surface area contributed by atoms with E-state index in [1.165, 1.54) is 25.3 Å². The lowest BCUT2D eigenvalue weighted by Crippen LogP contribution is -2.13. The van der Waals surface area contributed by atoms with Crippen molar-refractivity contribution in [3.8, 4) is 5.75 Å². The van der Waals surface area contributed by atoms with Crippen LogP contribution in [0.3, 0.4) is 0 Å². The minimum Gasteiger partial charge on any atom is -0.496 e. The van der Waals surface area contributed by atoms with E-state index in [-0.39, 0.29) is 11.7 Å². The van der Waals surface area contributed by atoms with Crippen molar-refractivity contribution < 1.29 is 13.9 Å². The van der Waals surface area contributed by atoms with Crippen molar-refractivity contribution in [2.24, 2.45) is 0 Å². The molecule has 1 amide bonds. The smallest absolute Gasteiger partial charge is 0.259 e. The average Bonchev–Trinajstić information content (AvgIpc) is 2.43. The maximum Gasteiger partial charge on any atom is 0.259 e. The van der Waals surface area contributed by atoms with E-state index in [2.05, 4.69) is 21.2 Å². The maximum absolute atomic E-state index is 13.2. The molecule has 0 fully saturated rings. The Bertz CT molecular complexity index is 658. The first-order chi connectivity index (χ1) is 9.51. The van der Waals surface area contributed by atoms with Gasteiger partial charge in [0.25, 0.3) is 5.91 Å². The van der Waals surface area contributed by atoms with E-state index >= 15 is 0 Å². The quantitative estimate of drug-likeness (QED) is 0.913. The fourth-order valence-electron chi connectivity index (χ4n) is 1.77. The van der Waals surface area contributed by atoms with Crippen LogP contribution in [0.15, 0.2) is 40.9 Å². The second-order valence-electron chi connectivity index (χ2n) is 4.29. The van der Waals surface area contributed by atoms with Crippen molar-refractivity contribution in [2.75, 3.05) is 12.4 Å². The van der Waals surface area contributed by atoms with Gasteiger partial charge >= 0.3 is 0 Å². The maximum atomic E-state index is 13.2. The molecule has 2 rings (SSSR count). The normalized spacial score (nSPS) is 10.2. The van der Waals surface area contributed by atoms with E-state index in [0.29, 0.717) is 21.5 Å². The van der Waals surface area contributed by atoms with Gasteiger partial charge in [-0.05, 0) is 53.2 Å². The minimum absolute atomic E-state index is 0.298. The van der Waals surface area contributed by atoms with Gasteiger partial charge in [0, 0.05) is 5.69 Å². The number of halogens is 2. The topological polar surface area (TPSA) is 38.3 Å². The molecule has 0 radical (unpaired) electrons. The number of anilines is 1. The predicted octanol–water partition coefficient (Wildman–Crippen LogP) is 4.16. The third kappa shape index (κ3) is 3.17. The Morgan fingerprint density at radius 3 is 2.65 bits per heavy atom. The highest BCUT2D eigenvalue weighted by Crippen LogP contribution is 2.23. The first kappa shape index (κ1) is 14.5. The summed E-state index contributed by atoms with van der Waals surface area (Å²) in [5.74, 6) is -0.186. The molecule has 0 atom stereocenters. The monoisotopic (exact) mass is 337 g/mol. The van der Waals surface area contributed by atoms with Crippen molar-refractivity contribution in [2.45, 2.75) is 6.92 Å². The number of carbonyl (C=O) groups excluding carboxylic acids is 1. The highest BCUT2D eigenvalue weighted by atomic mass is 79.9. The zero-order chi connectivity index (χ0) is 14.7. The molecule has 0 bridgehead atoms. The lowest BCUT2D eigenvalue weighted by atomic mass is 10.1. The van der Waals surface area contributed by atoms with Gasteiger partial charge in [0.15, 0.2) is 0 Å². The fourth-order valence-corrected chi connectivity index (χ4v) is 2.15. The van der Waals surface area contributed by atoms with Crippen LogP contribution in [0, 0.1) is 12.7 Å². The Kier molecular flexibility index (Phi) is 4.39. The molecule has 3 nitrogen and oxygen atoms in total. The molecule has 2 aromatic rings. The standard InChI is InChI=1S/C15H13BrFNO2/c1-9-3-6-14(20-2)11(7-9)15(19)18-10-4-5-13(17)12(16)8-10/h3-8H,1-2H3,(H,18,19). The van der Waals surface area contributed by atoms with Crippen LogP contribution in [-0.4, -0.2) is 13.0 Å². The number of hydrogen-bond acceptors (Lipinski definition) is 2. The van der Waals surface area contributed by atoms with Gasteiger partial charge in [0.1, 0.15) is 11.6 Å². The first-order valence-corrected chi connectivity index (χ1v) is 6.71. The van der Waals surface area contributed by atoms with Gasteiger partial charge in [-0.2, -0.15) is 0 Å². The predicted molar refractivity (Wildman–Crippen MR) is 79.8 cm³/mol. The summed E-state index contributed by atoms with van der Waals surface area (Å²) in [5, 5.41) is 2.71. The number of carbonyl (C=O) groups is 1. The Balaban J connectivity index is 2.27. The van der Waals surface area contributed by atoms with E-state index in [4.69, 9.17) is 4.74 Å². The molecule has 0 heterocycles. The van der Waals surface area contributed by atoms with Gasteiger partial charge in [0.2, 0.25) is 0 Å². The third-order valence-electron chi connectivity index (χ3n) is 2.78. The van der Waals surface area contributed by atoms with E-state index < -0.39 is 0 Å². The summed E-state index contributed by atoms with van der Waals surface area (Å²) in [7, 11) is 1.51. The first-order valence-electron chi connectivity index (χ1n) is 5.92. The van der Waals surface area contributed by atoms with Crippen LogP contribution in [-0.2, 0) is 0 Å². The molecular formula is C15H13BrFNO2. The lowest BCUT2D eigenvalue weighted by Gasteiger charge is -2.10. The minimum atomic E-state index is -0.379. The molecular weight excluding hydrogens is 325 g/mol. The summed E-state index contributed by atoms with van der Waals surface area (Å²) in [6.45, 7) is 1.89. The van der Waals surface area contributed by atoms with Crippen molar-refractivity contribution in [3.05, 3.63) is 57.8 Å². The molecule has 0 saturated carbocycles. The van der Waals surface area contributed by atoms with Gasteiger partial charge in [0.05, 0.1) is 17.1 Å². The summed E-state index contributed by atoms with van der Waals surface area (Å²) >= 11 is 3.08. The van der Waals surface area contributed by atoms with E-state index in [1.54, 1.807) is 12.1 Å². The van der Waals surface area contributed by atoms with Crippen LogP contribution in [0.1, 0.15) is 15.9 Å². The zero-order valence-electron chi connectivity index (χ0n) is 11.0. The number of methoxy groups -OCH3 is 1. The Morgan fingerprint density at radius 1 is 1.25 bits per heavy atom. The third-order valence-corrected chi connectivity index (χ3v) is 3.38. The SMILES string of the molecule is COc1ccc(C)cc1C(=O)Nc1ccc(F)c(Br)c1. The number of rotatable bonds is 3. The summed E-state index contributed by atoms with van der Waals surface area (Å²) < 4.78 is 18.6. The van der Waals surface area contributed by atoms with E-state index in [1.807, 2.05) is 13.0 Å². The van der Waals surface area contributed by atoms with Gasteiger partial charge < -0.3 is 10.1 Å². The van der Waals surface area contributed by atoms with E-state index in [9.17, 15) is 9.18 Å². The number of aryl methyl sites for hydroxylation is 1. The van der Waals surface area contributed by atoms with Crippen LogP contribution in [0.25, 0.3) is 0 Å². The zero-order valence-corrected chi connectivity index (χ0v) is 12.6. The lowest BCUT2D eigenvalue weighted by molar-refractivity contribution is 0.102. The summed E-state index contributed by atoms with van der Waals surface area (Å²) in [6, 6.07) is 9.64. The number of benzene rings is 2. The van der Waals surface area contributed by atoms with Crippen molar-refractivity contribution in [1.29, 1.82) is 0 Å². The van der Waals surface area contributed by atoms with Crippen molar-refractivity contribution >= 4 is 27.5 Å². The fraction of sp³-hybridized carbons (Fsp3) is 0.133. The summed E-state index contributed by atoms with van der Waals surface area (Å²) in [6.07, 6.45) is 0. The Morgan fingerprint density at radius 2 is 2.00 bits per heavy atom. The number of hydrogen-bond donors (Lipinski definition) is 1. The molecule has 104 valence electrons. The molecule has 2 aromatic carbocycles. The van der Waals surface area contributed by atoms with Gasteiger partial charge in [-0.1, -0.05) is 11.6 Å². The highest BCUT2D eigenvalue weighted by Gasteiger charge is 2.13. The summed E-state index contributed by atoms with van der Waals surface area (Å²) in [4.78, 5) is 12.2. The van der Waals surface area contributed by atoms with Crippen molar-refractivity contribution in [3.63, 3.8) is 0 Å². The molecule has 0 aliphatic carbocycles. The molecule has 0 aliphatic heterocycles. The number of amides is 1. The molecule has 20 heavy (non-hydrogen) atoms. The molecule has 0 unspecified atom stereocenters. The highest BCUT2D eigenvalue weighted by molar-refractivity contribution is 9.10. The van der Waals surface area contributed by atoms with Crippen LogP contribution < -0.4 is 10.1 Å². The largest absolute Gasteiger partial charge is 0.496 e. The average molecular weight is 338 g/mol. The summed E-state index contributed by atoms with van der Waals surface area (Å²) in [5.41, 5.74) is 1.90. The molecule has 1 N–H and O–H groups in total. The molecule has 0 saturated heterocycles. The van der Waals surface area contributed by atoms with Gasteiger partial charge in [-0.25, -0.2) is 4.39 Å². The van der Waals surface area contributed by atoms with Crippen LogP contribution in [0.4, 0.5) is 10.1 Å². The van der Waals surface area contributed by atoms with E-state index in [0.717, 1.165) is 5.56 Å². The number of nitrogens with one attached hydrogen (secondary N) is 1. The second-order valence-corrected chi connectivity index (χ2v) is 5.14. The van der Waals surface area contributed by atoms with Crippen LogP contribution in [0.5, 0.6) is 5.75 Å². The van der Waals surface area contributed by atoms with Crippen LogP contribution in [0.2, 0.25) is 0 Å². The second kappa shape index (κ2) is 6.05. The Labute approximate surface area is 124 Å². The Hall–Kier alpha value is -1.88. The molecule has 5 heteroatoms. The van der Waals surface area contributed by atoms with Gasteiger partial charge in [-0.15, -0.1) is 0 Å².